The molecule has 18 heavy (non-hydrogen) atoms. The van der Waals surface area contributed by atoms with Crippen LogP contribution < -0.4 is 0 Å². The molecule has 1 saturated heterocycles. The van der Waals surface area contributed by atoms with Crippen molar-refractivity contribution in [2.75, 3.05) is 13.1 Å². The predicted octanol–water partition coefficient (Wildman–Crippen LogP) is 2.12. The lowest BCUT2D eigenvalue weighted by atomic mass is 10.1. The third-order valence-corrected chi connectivity index (χ3v) is 3.54. The molecule has 0 aliphatic carbocycles. The molecule has 0 saturated carbocycles. The van der Waals surface area contributed by atoms with Crippen molar-refractivity contribution in [1.29, 1.82) is 0 Å². The van der Waals surface area contributed by atoms with Gasteiger partial charge in [0.15, 0.2) is 0 Å². The lowest BCUT2D eigenvalue weighted by Gasteiger charge is -2.14. The normalized spacial score (nSPS) is 15.4. The zero-order valence-corrected chi connectivity index (χ0v) is 10.4. The number of H-pyrrole nitrogens is 1. The minimum Gasteiger partial charge on any atom is -0.346 e. The average Bonchev–Trinajstić information content (AvgIpc) is 3.05. The number of nitrogens with zero attached hydrogens (tertiary/aromatic N) is 2. The number of pyridine rings is 1. The number of nitrogens with one attached hydrogen (secondary N) is 1. The Morgan fingerprint density at radius 1 is 1.39 bits per heavy atom. The fourth-order valence-corrected chi connectivity index (χ4v) is 2.50. The monoisotopic (exact) mass is 243 g/mol. The largest absolute Gasteiger partial charge is 0.346 e. The number of hydrogen-bond donors (Lipinski definition) is 1. The third kappa shape index (κ3) is 2.23. The molecule has 1 aliphatic rings. The van der Waals surface area contributed by atoms with Gasteiger partial charge < -0.3 is 9.88 Å². The number of aromatic nitrogens is 2. The Bertz CT molecular complexity index is 555. The molecular weight excluding hydrogens is 226 g/mol. The summed E-state index contributed by atoms with van der Waals surface area (Å²) in [7, 11) is 0. The van der Waals surface area contributed by atoms with E-state index in [1.165, 1.54) is 0 Å². The average molecular weight is 243 g/mol. The van der Waals surface area contributed by atoms with E-state index in [1.54, 1.807) is 0 Å². The highest BCUT2D eigenvalue weighted by atomic mass is 16.2. The molecule has 2 aromatic rings. The van der Waals surface area contributed by atoms with E-state index in [0.29, 0.717) is 6.42 Å². The Morgan fingerprint density at radius 2 is 2.22 bits per heavy atom. The second-order valence-electron chi connectivity index (χ2n) is 4.85. The first-order chi connectivity index (χ1) is 8.83. The van der Waals surface area contributed by atoms with Gasteiger partial charge in [0, 0.05) is 37.3 Å². The molecule has 0 atom stereocenters. The number of rotatable bonds is 3. The number of fused-ring (bicyclic) bond motifs is 1. The summed E-state index contributed by atoms with van der Waals surface area (Å²) >= 11 is 0. The zero-order chi connectivity index (χ0) is 12.4. The number of likely N-dealkylation sites (tertiary alicyclic amines) is 1. The van der Waals surface area contributed by atoms with Crippen molar-refractivity contribution >= 4 is 16.9 Å². The topological polar surface area (TPSA) is 49.0 Å². The second-order valence-corrected chi connectivity index (χ2v) is 4.85. The molecule has 0 bridgehead atoms. The van der Waals surface area contributed by atoms with Crippen LogP contribution in [0.25, 0.3) is 11.0 Å². The molecule has 1 fully saturated rings. The van der Waals surface area contributed by atoms with E-state index < -0.39 is 0 Å². The number of aromatic amines is 1. The van der Waals surface area contributed by atoms with Gasteiger partial charge in [-0.05, 0) is 37.0 Å². The van der Waals surface area contributed by atoms with Gasteiger partial charge in [-0.2, -0.15) is 0 Å². The third-order valence-electron chi connectivity index (χ3n) is 3.54. The van der Waals surface area contributed by atoms with E-state index in [0.717, 1.165) is 48.9 Å². The summed E-state index contributed by atoms with van der Waals surface area (Å²) in [6.07, 6.45) is 7.43. The van der Waals surface area contributed by atoms with Crippen molar-refractivity contribution < 1.29 is 4.79 Å². The van der Waals surface area contributed by atoms with Gasteiger partial charge >= 0.3 is 0 Å². The van der Waals surface area contributed by atoms with Gasteiger partial charge in [-0.3, -0.25) is 4.79 Å². The van der Waals surface area contributed by atoms with Crippen LogP contribution in [0.5, 0.6) is 0 Å². The van der Waals surface area contributed by atoms with Crippen LogP contribution in [0.15, 0.2) is 24.5 Å². The molecule has 0 aromatic carbocycles. The molecule has 3 rings (SSSR count). The minimum atomic E-state index is 0.279. The Labute approximate surface area is 106 Å². The molecule has 1 aliphatic heterocycles. The van der Waals surface area contributed by atoms with Crippen molar-refractivity contribution in [3.63, 3.8) is 0 Å². The van der Waals surface area contributed by atoms with Crippen molar-refractivity contribution in [3.8, 4) is 0 Å². The van der Waals surface area contributed by atoms with Crippen molar-refractivity contribution in [3.05, 3.63) is 30.1 Å². The maximum atomic E-state index is 11.9. The maximum absolute atomic E-state index is 11.9. The highest BCUT2D eigenvalue weighted by Crippen LogP contribution is 2.14. The quantitative estimate of drug-likeness (QED) is 0.897. The smallest absolute Gasteiger partial charge is 0.222 e. The van der Waals surface area contributed by atoms with Gasteiger partial charge in [-0.15, -0.1) is 0 Å². The minimum absolute atomic E-state index is 0.279. The van der Waals surface area contributed by atoms with Gasteiger partial charge in [-0.25, -0.2) is 4.98 Å². The first-order valence-corrected chi connectivity index (χ1v) is 6.53. The number of aryl methyl sites for hydroxylation is 1. The van der Waals surface area contributed by atoms with Crippen molar-refractivity contribution in [1.82, 2.24) is 14.9 Å². The van der Waals surface area contributed by atoms with Crippen LogP contribution in [0.3, 0.4) is 0 Å². The van der Waals surface area contributed by atoms with Crippen LogP contribution in [0.1, 0.15) is 24.8 Å². The maximum Gasteiger partial charge on any atom is 0.222 e. The molecule has 0 spiro atoms. The van der Waals surface area contributed by atoms with Crippen LogP contribution in [0.4, 0.5) is 0 Å². The summed E-state index contributed by atoms with van der Waals surface area (Å²) in [6, 6.07) is 4.12. The van der Waals surface area contributed by atoms with E-state index in [-0.39, 0.29) is 5.91 Å². The SMILES string of the molecule is O=C(CCc1cnc2[nH]ccc2c1)N1CCCC1. The summed E-state index contributed by atoms with van der Waals surface area (Å²) in [6.45, 7) is 1.88. The summed E-state index contributed by atoms with van der Waals surface area (Å²) in [4.78, 5) is 21.3. The van der Waals surface area contributed by atoms with Gasteiger partial charge in [0.25, 0.3) is 0 Å². The Balaban J connectivity index is 1.63. The van der Waals surface area contributed by atoms with Gasteiger partial charge in [-0.1, -0.05) is 0 Å². The van der Waals surface area contributed by atoms with E-state index in [4.69, 9.17) is 0 Å². The van der Waals surface area contributed by atoms with Crippen LogP contribution in [0, 0.1) is 0 Å². The predicted molar refractivity (Wildman–Crippen MR) is 70.2 cm³/mol. The Morgan fingerprint density at radius 3 is 3.06 bits per heavy atom. The molecule has 4 nitrogen and oxygen atoms in total. The van der Waals surface area contributed by atoms with E-state index >= 15 is 0 Å². The first kappa shape index (κ1) is 11.3. The van der Waals surface area contributed by atoms with Crippen molar-refractivity contribution in [2.24, 2.45) is 0 Å². The molecule has 1 amide bonds. The Kier molecular flexibility index (Phi) is 3.00. The number of amides is 1. The second kappa shape index (κ2) is 4.80. The lowest BCUT2D eigenvalue weighted by molar-refractivity contribution is -0.130. The first-order valence-electron chi connectivity index (χ1n) is 6.53. The number of hydrogen-bond acceptors (Lipinski definition) is 2. The van der Waals surface area contributed by atoms with Crippen molar-refractivity contribution in [2.45, 2.75) is 25.7 Å². The van der Waals surface area contributed by atoms with E-state index in [1.807, 2.05) is 23.4 Å². The van der Waals surface area contributed by atoms with Crippen LogP contribution >= 0.6 is 0 Å². The van der Waals surface area contributed by atoms with E-state index in [2.05, 4.69) is 16.0 Å². The van der Waals surface area contributed by atoms with Gasteiger partial charge in [0.2, 0.25) is 5.91 Å². The van der Waals surface area contributed by atoms with Crippen LogP contribution in [-0.4, -0.2) is 33.9 Å². The molecule has 3 heterocycles. The molecular formula is C14H17N3O. The number of carbonyl (C=O) groups is 1. The molecule has 1 N–H and O–H groups in total. The fraction of sp³-hybridized carbons (Fsp3) is 0.429. The lowest BCUT2D eigenvalue weighted by Crippen LogP contribution is -2.27. The summed E-state index contributed by atoms with van der Waals surface area (Å²) in [5, 5.41) is 1.11. The van der Waals surface area contributed by atoms with Crippen LogP contribution in [-0.2, 0) is 11.2 Å². The van der Waals surface area contributed by atoms with E-state index in [9.17, 15) is 4.79 Å². The summed E-state index contributed by atoms with van der Waals surface area (Å²) < 4.78 is 0. The molecule has 0 unspecified atom stereocenters. The number of carbonyl (C=O) groups excluding carboxylic acids is 1. The summed E-state index contributed by atoms with van der Waals surface area (Å²) in [5.74, 6) is 0.279. The molecule has 0 radical (unpaired) electrons. The molecule has 4 heteroatoms. The molecule has 94 valence electrons. The van der Waals surface area contributed by atoms with Crippen LogP contribution in [0.2, 0.25) is 0 Å². The highest BCUT2D eigenvalue weighted by molar-refractivity contribution is 5.78. The molecule has 2 aromatic heterocycles. The summed E-state index contributed by atoms with van der Waals surface area (Å²) in [5.41, 5.74) is 2.04. The fourth-order valence-electron chi connectivity index (χ4n) is 2.50. The van der Waals surface area contributed by atoms with Gasteiger partial charge in [0.05, 0.1) is 0 Å². The standard InChI is InChI=1S/C14H17N3O/c18-13(17-7-1-2-8-17)4-3-11-9-12-5-6-15-14(12)16-10-11/h5-6,9-10H,1-4,7-8H2,(H,15,16). The Hall–Kier alpha value is -1.84. The zero-order valence-electron chi connectivity index (χ0n) is 10.4. The highest BCUT2D eigenvalue weighted by Gasteiger charge is 2.17. The van der Waals surface area contributed by atoms with Gasteiger partial charge in [0.1, 0.15) is 5.65 Å².